The normalized spacial score (nSPS) is 16.0. The van der Waals surface area contributed by atoms with Gasteiger partial charge < -0.3 is 24.4 Å². The van der Waals surface area contributed by atoms with Crippen LogP contribution in [0.2, 0.25) is 5.02 Å². The van der Waals surface area contributed by atoms with Crippen LogP contribution in [0.1, 0.15) is 10.4 Å². The number of halogens is 1. The average molecular weight is 361 g/mol. The maximum absolute atomic E-state index is 12.6. The summed E-state index contributed by atoms with van der Waals surface area (Å²) in [6.07, 6.45) is 0. The van der Waals surface area contributed by atoms with Gasteiger partial charge in [0.1, 0.15) is 0 Å². The monoisotopic (exact) mass is 360 g/mol. The Morgan fingerprint density at radius 1 is 1.04 bits per heavy atom. The highest BCUT2D eigenvalue weighted by Crippen LogP contribution is 2.33. The number of amides is 1. The molecule has 1 amide bonds. The first-order valence-corrected chi connectivity index (χ1v) is 8.42. The number of nitrogens with zero attached hydrogens (tertiary/aromatic N) is 1. The van der Waals surface area contributed by atoms with E-state index in [-0.39, 0.29) is 12.7 Å². The molecule has 4 rings (SSSR count). The van der Waals surface area contributed by atoms with Crippen LogP contribution in [0.5, 0.6) is 11.5 Å². The molecule has 1 saturated heterocycles. The highest BCUT2D eigenvalue weighted by atomic mass is 35.5. The molecular formula is C18H17ClN2O4. The SMILES string of the molecule is O=C(Nc1cc(N2CCOCC2)ccc1Cl)c1ccc2c(c1)OCO2. The molecule has 2 aliphatic rings. The molecule has 6 nitrogen and oxygen atoms in total. The van der Waals surface area contributed by atoms with Crippen molar-refractivity contribution in [2.24, 2.45) is 0 Å². The first-order valence-electron chi connectivity index (χ1n) is 8.04. The first-order chi connectivity index (χ1) is 12.2. The number of rotatable bonds is 3. The summed E-state index contributed by atoms with van der Waals surface area (Å²) in [6, 6.07) is 10.7. The minimum absolute atomic E-state index is 0.174. The van der Waals surface area contributed by atoms with Crippen LogP contribution in [0.15, 0.2) is 36.4 Å². The molecule has 1 N–H and O–H groups in total. The van der Waals surface area contributed by atoms with Crippen molar-refractivity contribution in [1.82, 2.24) is 0 Å². The fourth-order valence-electron chi connectivity index (χ4n) is 2.86. The van der Waals surface area contributed by atoms with Crippen molar-refractivity contribution in [2.45, 2.75) is 0 Å². The molecule has 0 unspecified atom stereocenters. The first kappa shape index (κ1) is 16.1. The van der Waals surface area contributed by atoms with Gasteiger partial charge in [-0.3, -0.25) is 4.79 Å². The van der Waals surface area contributed by atoms with E-state index >= 15 is 0 Å². The lowest BCUT2D eigenvalue weighted by molar-refractivity contribution is 0.102. The largest absolute Gasteiger partial charge is 0.454 e. The minimum Gasteiger partial charge on any atom is -0.454 e. The Hall–Kier alpha value is -2.44. The van der Waals surface area contributed by atoms with E-state index in [4.69, 9.17) is 25.8 Å². The average Bonchev–Trinajstić information content (AvgIpc) is 3.12. The predicted molar refractivity (Wildman–Crippen MR) is 95.0 cm³/mol. The van der Waals surface area contributed by atoms with Crippen molar-refractivity contribution >= 4 is 28.9 Å². The Balaban J connectivity index is 1.54. The van der Waals surface area contributed by atoms with Crippen LogP contribution in [-0.2, 0) is 4.74 Å². The van der Waals surface area contributed by atoms with Crippen molar-refractivity contribution < 1.29 is 19.0 Å². The Bertz CT molecular complexity index is 806. The molecule has 0 saturated carbocycles. The van der Waals surface area contributed by atoms with Crippen LogP contribution >= 0.6 is 11.6 Å². The Morgan fingerprint density at radius 3 is 2.68 bits per heavy atom. The summed E-state index contributed by atoms with van der Waals surface area (Å²) in [4.78, 5) is 14.8. The maximum Gasteiger partial charge on any atom is 0.255 e. The van der Waals surface area contributed by atoms with Crippen molar-refractivity contribution in [1.29, 1.82) is 0 Å². The maximum atomic E-state index is 12.6. The number of benzene rings is 2. The molecule has 2 aliphatic heterocycles. The molecule has 0 aromatic heterocycles. The molecular weight excluding hydrogens is 344 g/mol. The van der Waals surface area contributed by atoms with Crippen molar-refractivity contribution in [2.75, 3.05) is 43.3 Å². The molecule has 0 bridgehead atoms. The van der Waals surface area contributed by atoms with Crippen molar-refractivity contribution in [3.63, 3.8) is 0 Å². The fourth-order valence-corrected chi connectivity index (χ4v) is 3.02. The highest BCUT2D eigenvalue weighted by molar-refractivity contribution is 6.34. The second-order valence-corrected chi connectivity index (χ2v) is 6.19. The lowest BCUT2D eigenvalue weighted by atomic mass is 10.1. The minimum atomic E-state index is -0.251. The van der Waals surface area contributed by atoms with E-state index in [1.807, 2.05) is 12.1 Å². The van der Waals surface area contributed by atoms with Gasteiger partial charge in [0.2, 0.25) is 6.79 Å². The predicted octanol–water partition coefficient (Wildman–Crippen LogP) is 3.16. The van der Waals surface area contributed by atoms with Gasteiger partial charge in [0.25, 0.3) is 5.91 Å². The molecule has 0 aliphatic carbocycles. The number of hydrogen-bond donors (Lipinski definition) is 1. The van der Waals surface area contributed by atoms with Gasteiger partial charge in [-0.2, -0.15) is 0 Å². The van der Waals surface area contributed by atoms with Crippen LogP contribution in [0, 0.1) is 0 Å². The number of carbonyl (C=O) groups is 1. The van der Waals surface area contributed by atoms with Gasteiger partial charge in [0.15, 0.2) is 11.5 Å². The molecule has 2 aromatic carbocycles. The second kappa shape index (κ2) is 6.82. The molecule has 130 valence electrons. The van der Waals surface area contributed by atoms with Gasteiger partial charge in [-0.05, 0) is 36.4 Å². The third-order valence-corrected chi connectivity index (χ3v) is 4.54. The second-order valence-electron chi connectivity index (χ2n) is 5.79. The molecule has 0 spiro atoms. The summed E-state index contributed by atoms with van der Waals surface area (Å²) in [5, 5.41) is 3.36. The van der Waals surface area contributed by atoms with Crippen LogP contribution < -0.4 is 19.7 Å². The van der Waals surface area contributed by atoms with E-state index in [1.165, 1.54) is 0 Å². The quantitative estimate of drug-likeness (QED) is 0.911. The van der Waals surface area contributed by atoms with Gasteiger partial charge in [-0.15, -0.1) is 0 Å². The van der Waals surface area contributed by atoms with Gasteiger partial charge in [0, 0.05) is 24.3 Å². The van der Waals surface area contributed by atoms with Crippen LogP contribution in [-0.4, -0.2) is 39.0 Å². The molecule has 0 radical (unpaired) electrons. The zero-order valence-electron chi connectivity index (χ0n) is 13.5. The molecule has 7 heteroatoms. The van der Waals surface area contributed by atoms with Gasteiger partial charge in [-0.1, -0.05) is 11.6 Å². The molecule has 2 heterocycles. The Labute approximate surface area is 150 Å². The molecule has 2 aromatic rings. The number of fused-ring (bicyclic) bond motifs is 1. The standard InChI is InChI=1S/C18H17ClN2O4/c19-14-3-2-13(21-5-7-23-8-6-21)10-15(14)20-18(22)12-1-4-16-17(9-12)25-11-24-16/h1-4,9-10H,5-8,11H2,(H,20,22). The number of ether oxygens (including phenoxy) is 3. The summed E-state index contributed by atoms with van der Waals surface area (Å²) >= 11 is 6.26. The molecule has 0 atom stereocenters. The number of hydrogen-bond acceptors (Lipinski definition) is 5. The van der Waals surface area contributed by atoms with E-state index in [2.05, 4.69) is 10.2 Å². The zero-order chi connectivity index (χ0) is 17.2. The number of morpholine rings is 1. The fraction of sp³-hybridized carbons (Fsp3) is 0.278. The van der Waals surface area contributed by atoms with Gasteiger partial charge >= 0.3 is 0 Å². The van der Waals surface area contributed by atoms with Crippen LogP contribution in [0.25, 0.3) is 0 Å². The zero-order valence-corrected chi connectivity index (χ0v) is 14.2. The summed E-state index contributed by atoms with van der Waals surface area (Å²) < 4.78 is 16.0. The smallest absolute Gasteiger partial charge is 0.255 e. The third kappa shape index (κ3) is 3.36. The van der Waals surface area contributed by atoms with Gasteiger partial charge in [-0.25, -0.2) is 0 Å². The number of nitrogens with one attached hydrogen (secondary N) is 1. The number of anilines is 2. The van der Waals surface area contributed by atoms with E-state index in [1.54, 1.807) is 24.3 Å². The lowest BCUT2D eigenvalue weighted by Gasteiger charge is -2.29. The number of carbonyl (C=O) groups excluding carboxylic acids is 1. The van der Waals surface area contributed by atoms with E-state index in [9.17, 15) is 4.79 Å². The Morgan fingerprint density at radius 2 is 1.84 bits per heavy atom. The van der Waals surface area contributed by atoms with Crippen molar-refractivity contribution in [3.8, 4) is 11.5 Å². The van der Waals surface area contributed by atoms with Crippen molar-refractivity contribution in [3.05, 3.63) is 47.0 Å². The molecule has 1 fully saturated rings. The van der Waals surface area contributed by atoms with E-state index < -0.39 is 0 Å². The van der Waals surface area contributed by atoms with E-state index in [0.29, 0.717) is 41.0 Å². The van der Waals surface area contributed by atoms with Crippen LogP contribution in [0.4, 0.5) is 11.4 Å². The lowest BCUT2D eigenvalue weighted by Crippen LogP contribution is -2.36. The van der Waals surface area contributed by atoms with E-state index in [0.717, 1.165) is 18.8 Å². The highest BCUT2D eigenvalue weighted by Gasteiger charge is 2.18. The van der Waals surface area contributed by atoms with Gasteiger partial charge in [0.05, 0.1) is 23.9 Å². The summed E-state index contributed by atoms with van der Waals surface area (Å²) in [6.45, 7) is 3.20. The topological polar surface area (TPSA) is 60.0 Å². The van der Waals surface area contributed by atoms with Crippen LogP contribution in [0.3, 0.4) is 0 Å². The molecule has 25 heavy (non-hydrogen) atoms. The third-order valence-electron chi connectivity index (χ3n) is 4.21. The summed E-state index contributed by atoms with van der Waals surface area (Å²) in [7, 11) is 0. The summed E-state index contributed by atoms with van der Waals surface area (Å²) in [5.74, 6) is 0.962. The Kier molecular flexibility index (Phi) is 4.38. The summed E-state index contributed by atoms with van der Waals surface area (Å²) in [5.41, 5.74) is 2.07.